The zero-order chi connectivity index (χ0) is 44.3. The van der Waals surface area contributed by atoms with Gasteiger partial charge < -0.3 is 9.80 Å². The van der Waals surface area contributed by atoms with Gasteiger partial charge in [0.15, 0.2) is 0 Å². The van der Waals surface area contributed by atoms with E-state index in [0.29, 0.717) is 0 Å². The summed E-state index contributed by atoms with van der Waals surface area (Å²) in [5.74, 6) is 0. The maximum atomic E-state index is 2.58. The van der Waals surface area contributed by atoms with E-state index in [2.05, 4.69) is 242 Å². The van der Waals surface area contributed by atoms with Gasteiger partial charge in [0.1, 0.15) is 0 Å². The molecule has 1 aromatic heterocycles. The summed E-state index contributed by atoms with van der Waals surface area (Å²) in [4.78, 5) is 5.14. The van der Waals surface area contributed by atoms with Crippen molar-refractivity contribution >= 4 is 88.7 Å². The standard InChI is InChI=1S/C60H55BN2S/c1-58(2,3)41-26-32-50-48(34-41)61-49-35-42(59(4,5)6)27-33-51(49)63(45-30-24-40(25-31-45)46-19-15-21-55-56(46)47-18-13-14-20-54(47)64-55)53-37-43(60(7,8)9)36-52(57(53)61)62(50)44-28-22-39(23-29-44)38-16-11-10-12-17-38/h10-37H,1-9H3. The van der Waals surface area contributed by atoms with E-state index in [1.54, 1.807) is 0 Å². The van der Waals surface area contributed by atoms with Gasteiger partial charge >= 0.3 is 0 Å². The fraction of sp³-hybridized carbons (Fsp3) is 0.200. The molecule has 0 radical (unpaired) electrons. The molecule has 0 aliphatic carbocycles. The Morgan fingerprint density at radius 1 is 0.391 bits per heavy atom. The first kappa shape index (κ1) is 40.4. The van der Waals surface area contributed by atoms with Gasteiger partial charge in [-0.15, -0.1) is 11.3 Å². The Hall–Kier alpha value is -6.36. The smallest absolute Gasteiger partial charge is 0.252 e. The summed E-state index contributed by atoms with van der Waals surface area (Å²) >= 11 is 1.88. The van der Waals surface area contributed by atoms with Crippen molar-refractivity contribution in [3.63, 3.8) is 0 Å². The van der Waals surface area contributed by atoms with Crippen LogP contribution in [0.15, 0.2) is 170 Å². The Labute approximate surface area is 383 Å². The minimum atomic E-state index is -0.103. The number of thiophene rings is 1. The fourth-order valence-corrected chi connectivity index (χ4v) is 11.3. The molecule has 0 bridgehead atoms. The molecule has 0 saturated carbocycles. The summed E-state index contributed by atoms with van der Waals surface area (Å²) in [6.07, 6.45) is 0. The van der Waals surface area contributed by atoms with Gasteiger partial charge in [0, 0.05) is 54.3 Å². The van der Waals surface area contributed by atoms with Crippen LogP contribution in [0.2, 0.25) is 0 Å². The predicted octanol–water partition coefficient (Wildman–Crippen LogP) is 15.4. The molecule has 8 aromatic carbocycles. The first-order valence-corrected chi connectivity index (χ1v) is 23.7. The van der Waals surface area contributed by atoms with Gasteiger partial charge in [-0.3, -0.25) is 0 Å². The van der Waals surface area contributed by atoms with E-state index in [1.165, 1.54) is 98.3 Å². The van der Waals surface area contributed by atoms with E-state index >= 15 is 0 Å². The summed E-state index contributed by atoms with van der Waals surface area (Å²) in [5.41, 5.74) is 20.2. The van der Waals surface area contributed by atoms with E-state index in [4.69, 9.17) is 0 Å². The molecule has 0 amide bonds. The van der Waals surface area contributed by atoms with Gasteiger partial charge in [-0.1, -0.05) is 172 Å². The largest absolute Gasteiger partial charge is 0.311 e. The van der Waals surface area contributed by atoms with Gasteiger partial charge in [0.2, 0.25) is 0 Å². The van der Waals surface area contributed by atoms with Crippen LogP contribution >= 0.6 is 11.3 Å². The highest BCUT2D eigenvalue weighted by molar-refractivity contribution is 7.26. The van der Waals surface area contributed by atoms with Gasteiger partial charge in [0.05, 0.1) is 0 Å². The molecule has 64 heavy (non-hydrogen) atoms. The lowest BCUT2D eigenvalue weighted by molar-refractivity contribution is 0.590. The van der Waals surface area contributed by atoms with Crippen LogP contribution in [-0.4, -0.2) is 6.71 Å². The molecule has 0 saturated heterocycles. The summed E-state index contributed by atoms with van der Waals surface area (Å²) in [6, 6.07) is 64.6. The van der Waals surface area contributed by atoms with E-state index in [9.17, 15) is 0 Å². The lowest BCUT2D eigenvalue weighted by Crippen LogP contribution is -2.61. The molecule has 4 heteroatoms. The molecule has 0 N–H and O–H groups in total. The molecule has 314 valence electrons. The second-order valence-corrected chi connectivity index (χ2v) is 22.1. The highest BCUT2D eigenvalue weighted by atomic mass is 32.1. The van der Waals surface area contributed by atoms with Crippen molar-refractivity contribution in [2.24, 2.45) is 0 Å². The first-order valence-electron chi connectivity index (χ1n) is 22.9. The van der Waals surface area contributed by atoms with Crippen molar-refractivity contribution in [3.8, 4) is 22.3 Å². The third kappa shape index (κ3) is 6.60. The molecule has 0 spiro atoms. The number of benzene rings is 8. The van der Waals surface area contributed by atoms with Crippen LogP contribution in [0.4, 0.5) is 34.1 Å². The number of hydrogen-bond donors (Lipinski definition) is 0. The number of anilines is 6. The molecule has 0 unspecified atom stereocenters. The van der Waals surface area contributed by atoms with Crippen LogP contribution < -0.4 is 26.2 Å². The summed E-state index contributed by atoms with van der Waals surface area (Å²) in [7, 11) is 0. The van der Waals surface area contributed by atoms with Crippen LogP contribution in [0.1, 0.15) is 79.0 Å². The van der Waals surface area contributed by atoms with Crippen molar-refractivity contribution < 1.29 is 0 Å². The molecule has 2 aliphatic rings. The average Bonchev–Trinajstić information content (AvgIpc) is 3.67. The highest BCUT2D eigenvalue weighted by Crippen LogP contribution is 2.48. The Kier molecular flexibility index (Phi) is 9.21. The highest BCUT2D eigenvalue weighted by Gasteiger charge is 2.45. The summed E-state index contributed by atoms with van der Waals surface area (Å²) in [5, 5.41) is 2.67. The van der Waals surface area contributed by atoms with E-state index < -0.39 is 0 Å². The Bertz CT molecular complexity index is 3270. The van der Waals surface area contributed by atoms with Crippen LogP contribution in [0.5, 0.6) is 0 Å². The molecule has 2 nitrogen and oxygen atoms in total. The third-order valence-corrected chi connectivity index (χ3v) is 14.9. The fourth-order valence-electron chi connectivity index (χ4n) is 10.2. The van der Waals surface area contributed by atoms with Crippen molar-refractivity contribution in [3.05, 3.63) is 187 Å². The minimum Gasteiger partial charge on any atom is -0.311 e. The molecular weight excluding hydrogens is 792 g/mol. The number of rotatable bonds is 4. The zero-order valence-electron chi connectivity index (χ0n) is 38.5. The van der Waals surface area contributed by atoms with E-state index in [-0.39, 0.29) is 23.0 Å². The van der Waals surface area contributed by atoms with E-state index in [0.717, 1.165) is 11.4 Å². The molecular formula is C60H55BN2S. The molecule has 0 atom stereocenters. The van der Waals surface area contributed by atoms with Crippen molar-refractivity contribution in [2.45, 2.75) is 78.6 Å². The summed E-state index contributed by atoms with van der Waals surface area (Å²) < 4.78 is 2.66. The number of fused-ring (bicyclic) bond motifs is 7. The Morgan fingerprint density at radius 2 is 0.875 bits per heavy atom. The van der Waals surface area contributed by atoms with Crippen molar-refractivity contribution in [1.29, 1.82) is 0 Å². The minimum absolute atomic E-state index is 0.0193. The third-order valence-electron chi connectivity index (χ3n) is 13.7. The van der Waals surface area contributed by atoms with Gasteiger partial charge in [-0.25, -0.2) is 0 Å². The molecule has 2 aliphatic heterocycles. The molecule has 3 heterocycles. The molecule has 11 rings (SSSR count). The van der Waals surface area contributed by atoms with Crippen molar-refractivity contribution in [1.82, 2.24) is 0 Å². The van der Waals surface area contributed by atoms with Crippen molar-refractivity contribution in [2.75, 3.05) is 9.80 Å². The van der Waals surface area contributed by atoms with E-state index in [1.807, 2.05) is 11.3 Å². The van der Waals surface area contributed by atoms with Crippen LogP contribution in [0.25, 0.3) is 42.4 Å². The Morgan fingerprint density at radius 3 is 1.42 bits per heavy atom. The lowest BCUT2D eigenvalue weighted by Gasteiger charge is -2.45. The predicted molar refractivity (Wildman–Crippen MR) is 280 cm³/mol. The lowest BCUT2D eigenvalue weighted by atomic mass is 9.33. The zero-order valence-corrected chi connectivity index (χ0v) is 39.4. The van der Waals surface area contributed by atoms with Gasteiger partial charge in [-0.2, -0.15) is 0 Å². The average molecular weight is 847 g/mol. The van der Waals surface area contributed by atoms with Crippen LogP contribution in [0.3, 0.4) is 0 Å². The topological polar surface area (TPSA) is 6.48 Å². The van der Waals surface area contributed by atoms with Gasteiger partial charge in [0.25, 0.3) is 6.71 Å². The van der Waals surface area contributed by atoms with Crippen LogP contribution in [0, 0.1) is 0 Å². The first-order chi connectivity index (χ1) is 30.6. The second kappa shape index (κ2) is 14.6. The Balaban J connectivity index is 1.17. The maximum absolute atomic E-state index is 2.58. The van der Waals surface area contributed by atoms with Gasteiger partial charge in [-0.05, 0) is 132 Å². The SMILES string of the molecule is CC(C)(C)c1ccc2c(c1)B1c3cc(C(C)(C)C)ccc3N(c3ccc(-c4cccc5sc6ccccc6c45)cc3)c3cc(C(C)(C)C)cc(c31)N2c1ccc(-c2ccccc2)cc1. The molecule has 9 aromatic rings. The second-order valence-electron chi connectivity index (χ2n) is 21.1. The normalized spacial score (nSPS) is 13.6. The number of nitrogens with zero attached hydrogens (tertiary/aromatic N) is 2. The number of hydrogen-bond acceptors (Lipinski definition) is 3. The van der Waals surface area contributed by atoms with Crippen LogP contribution in [-0.2, 0) is 16.2 Å². The molecule has 0 fully saturated rings. The summed E-state index contributed by atoms with van der Waals surface area (Å²) in [6.45, 7) is 21.1. The maximum Gasteiger partial charge on any atom is 0.252 e. The monoisotopic (exact) mass is 846 g/mol. The quantitative estimate of drug-likeness (QED) is 0.163.